The summed E-state index contributed by atoms with van der Waals surface area (Å²) < 4.78 is 7.34. The number of hydrogen-bond donors (Lipinski definition) is 0. The van der Waals surface area contributed by atoms with Crippen molar-refractivity contribution in [2.75, 3.05) is 6.61 Å². The third-order valence-corrected chi connectivity index (χ3v) is 3.65. The molecule has 0 saturated carbocycles. The van der Waals surface area contributed by atoms with Gasteiger partial charge in [0.25, 0.3) is 0 Å². The van der Waals surface area contributed by atoms with Crippen molar-refractivity contribution in [3.8, 4) is 29.1 Å². The van der Waals surface area contributed by atoms with Crippen molar-refractivity contribution >= 4 is 0 Å². The van der Waals surface area contributed by atoms with Crippen molar-refractivity contribution in [1.82, 2.24) is 14.8 Å². The molecule has 0 amide bonds. The van der Waals surface area contributed by atoms with Crippen LogP contribution in [0.15, 0.2) is 48.9 Å². The summed E-state index contributed by atoms with van der Waals surface area (Å²) in [5.41, 5.74) is 3.77. The Bertz CT molecular complexity index is 978. The van der Waals surface area contributed by atoms with Crippen LogP contribution >= 0.6 is 0 Å². The highest BCUT2D eigenvalue weighted by molar-refractivity contribution is 5.64. The number of nitrogens with zero attached hydrogens (tertiary/aromatic N) is 5. The molecule has 0 radical (unpaired) electrons. The molecule has 0 N–H and O–H groups in total. The van der Waals surface area contributed by atoms with E-state index in [1.54, 1.807) is 29.2 Å². The summed E-state index contributed by atoms with van der Waals surface area (Å²) in [5, 5.41) is 22.2. The summed E-state index contributed by atoms with van der Waals surface area (Å²) in [6, 6.07) is 13.5. The normalized spacial score (nSPS) is 10.0. The van der Waals surface area contributed by atoms with E-state index in [1.807, 2.05) is 31.2 Å². The molecule has 0 unspecified atom stereocenters. The topological polar surface area (TPSA) is 87.5 Å². The highest BCUT2D eigenvalue weighted by Gasteiger charge is 2.08. The van der Waals surface area contributed by atoms with Gasteiger partial charge in [0.15, 0.2) is 0 Å². The zero-order valence-electron chi connectivity index (χ0n) is 13.7. The van der Waals surface area contributed by atoms with Crippen LogP contribution in [-0.2, 0) is 6.54 Å². The molecule has 3 rings (SSSR count). The van der Waals surface area contributed by atoms with Gasteiger partial charge < -0.3 is 4.74 Å². The van der Waals surface area contributed by atoms with Crippen molar-refractivity contribution in [3.63, 3.8) is 0 Å². The lowest BCUT2D eigenvalue weighted by Crippen LogP contribution is -2.09. The molecule has 0 atom stereocenters. The lowest BCUT2D eigenvalue weighted by atomic mass is 10.1. The Morgan fingerprint density at radius 1 is 1.16 bits per heavy atom. The third kappa shape index (κ3) is 3.82. The van der Waals surface area contributed by atoms with E-state index < -0.39 is 0 Å². The first-order valence-electron chi connectivity index (χ1n) is 7.72. The second-order valence-electron chi connectivity index (χ2n) is 5.49. The minimum atomic E-state index is 0.350. The molecule has 1 aromatic carbocycles. The Morgan fingerprint density at radius 2 is 2.04 bits per heavy atom. The minimum Gasteiger partial charge on any atom is -0.490 e. The highest BCUT2D eigenvalue weighted by atomic mass is 16.5. The van der Waals surface area contributed by atoms with Crippen molar-refractivity contribution in [2.24, 2.45) is 0 Å². The molecular formula is C19H15N5O. The van der Waals surface area contributed by atoms with Crippen LogP contribution in [0.25, 0.3) is 11.3 Å². The quantitative estimate of drug-likeness (QED) is 0.718. The van der Waals surface area contributed by atoms with E-state index in [-0.39, 0.29) is 0 Å². The van der Waals surface area contributed by atoms with Gasteiger partial charge in [-0.15, -0.1) is 0 Å². The van der Waals surface area contributed by atoms with Gasteiger partial charge in [0, 0.05) is 18.0 Å². The van der Waals surface area contributed by atoms with Crippen LogP contribution in [0.5, 0.6) is 5.75 Å². The second-order valence-corrected chi connectivity index (χ2v) is 5.49. The summed E-state index contributed by atoms with van der Waals surface area (Å²) >= 11 is 0. The van der Waals surface area contributed by atoms with Gasteiger partial charge in [-0.2, -0.15) is 15.6 Å². The van der Waals surface area contributed by atoms with Crippen molar-refractivity contribution in [3.05, 3.63) is 65.6 Å². The third-order valence-electron chi connectivity index (χ3n) is 3.65. The second kappa shape index (κ2) is 7.29. The summed E-state index contributed by atoms with van der Waals surface area (Å²) in [5.74, 6) is 0.520. The predicted octanol–water partition coefficient (Wildman–Crippen LogP) is 3.08. The summed E-state index contributed by atoms with van der Waals surface area (Å²) in [6.07, 6.45) is 4.91. The first-order valence-corrected chi connectivity index (χ1v) is 7.72. The Morgan fingerprint density at radius 3 is 2.76 bits per heavy atom. The van der Waals surface area contributed by atoms with Gasteiger partial charge in [0.1, 0.15) is 24.5 Å². The molecule has 0 aliphatic carbocycles. The van der Waals surface area contributed by atoms with Gasteiger partial charge >= 0.3 is 0 Å². The summed E-state index contributed by atoms with van der Waals surface area (Å²) in [6.45, 7) is 2.85. The first-order chi connectivity index (χ1) is 12.2. The number of ether oxygens (including phenoxy) is 1. The molecular weight excluding hydrogens is 314 g/mol. The lowest BCUT2D eigenvalue weighted by molar-refractivity contribution is 0.290. The number of pyridine rings is 1. The number of hydrogen-bond acceptors (Lipinski definition) is 5. The van der Waals surface area contributed by atoms with Crippen molar-refractivity contribution in [1.29, 1.82) is 10.5 Å². The van der Waals surface area contributed by atoms with Crippen molar-refractivity contribution in [2.45, 2.75) is 13.5 Å². The fraction of sp³-hybridized carbons (Fsp3) is 0.158. The fourth-order valence-electron chi connectivity index (χ4n) is 2.39. The largest absolute Gasteiger partial charge is 0.490 e. The van der Waals surface area contributed by atoms with E-state index in [1.165, 1.54) is 6.20 Å². The summed E-state index contributed by atoms with van der Waals surface area (Å²) in [4.78, 5) is 4.34. The molecule has 3 aromatic rings. The molecule has 2 heterocycles. The standard InChI is InChI=1S/C19H15N5O/c1-14-4-5-22-18(8-14)16-2-3-19(17(9-16)11-21)25-7-6-24-13-15(10-20)12-23-24/h2-5,8-9,12-13H,6-7H2,1H3. The maximum absolute atomic E-state index is 9.39. The van der Waals surface area contributed by atoms with Crippen LogP contribution < -0.4 is 4.74 Å². The Hall–Kier alpha value is -3.64. The molecule has 6 nitrogen and oxygen atoms in total. The molecule has 0 aliphatic heterocycles. The Labute approximate surface area is 145 Å². The molecule has 0 bridgehead atoms. The number of rotatable bonds is 5. The molecule has 0 spiro atoms. The number of nitriles is 2. The van der Waals surface area contributed by atoms with Gasteiger partial charge in [0.05, 0.1) is 29.6 Å². The zero-order chi connectivity index (χ0) is 17.6. The van der Waals surface area contributed by atoms with Gasteiger partial charge in [-0.05, 0) is 42.8 Å². The van der Waals surface area contributed by atoms with E-state index in [9.17, 15) is 5.26 Å². The highest BCUT2D eigenvalue weighted by Crippen LogP contribution is 2.25. The lowest BCUT2D eigenvalue weighted by Gasteiger charge is -2.10. The van der Waals surface area contributed by atoms with Gasteiger partial charge in [-0.1, -0.05) is 0 Å². The van der Waals surface area contributed by atoms with Gasteiger partial charge in [-0.25, -0.2) is 0 Å². The Balaban J connectivity index is 1.72. The molecule has 0 aliphatic rings. The van der Waals surface area contributed by atoms with Gasteiger partial charge in [0.2, 0.25) is 0 Å². The first kappa shape index (κ1) is 16.2. The van der Waals surface area contributed by atoms with E-state index in [0.717, 1.165) is 16.8 Å². The molecule has 0 saturated heterocycles. The van der Waals surface area contributed by atoms with Gasteiger partial charge in [-0.3, -0.25) is 9.67 Å². The van der Waals surface area contributed by atoms with Crippen LogP contribution in [0, 0.1) is 29.6 Å². The molecule has 6 heteroatoms. The fourth-order valence-corrected chi connectivity index (χ4v) is 2.39. The molecule has 25 heavy (non-hydrogen) atoms. The van der Waals surface area contributed by atoms with E-state index >= 15 is 0 Å². The minimum absolute atomic E-state index is 0.350. The predicted molar refractivity (Wildman–Crippen MR) is 91.6 cm³/mol. The SMILES string of the molecule is Cc1ccnc(-c2ccc(OCCn3cc(C#N)cn3)c(C#N)c2)c1. The summed E-state index contributed by atoms with van der Waals surface area (Å²) in [7, 11) is 0. The number of benzene rings is 1. The van der Waals surface area contributed by atoms with E-state index in [0.29, 0.717) is 30.0 Å². The van der Waals surface area contributed by atoms with E-state index in [4.69, 9.17) is 10.00 Å². The Kier molecular flexibility index (Phi) is 4.73. The van der Waals surface area contributed by atoms with Crippen LogP contribution in [0.3, 0.4) is 0 Å². The number of aromatic nitrogens is 3. The zero-order valence-corrected chi connectivity index (χ0v) is 13.7. The van der Waals surface area contributed by atoms with Crippen LogP contribution in [0.1, 0.15) is 16.7 Å². The molecule has 0 fully saturated rings. The maximum atomic E-state index is 9.39. The number of aryl methyl sites for hydroxylation is 1. The van der Waals surface area contributed by atoms with E-state index in [2.05, 4.69) is 16.2 Å². The monoisotopic (exact) mass is 329 g/mol. The van der Waals surface area contributed by atoms with Crippen LogP contribution in [0.4, 0.5) is 0 Å². The van der Waals surface area contributed by atoms with Crippen molar-refractivity contribution < 1.29 is 4.74 Å². The molecule has 122 valence electrons. The van der Waals surface area contributed by atoms with Crippen LogP contribution in [0.2, 0.25) is 0 Å². The average Bonchev–Trinajstić information content (AvgIpc) is 3.10. The molecule has 2 aromatic heterocycles. The average molecular weight is 329 g/mol. The smallest absolute Gasteiger partial charge is 0.137 e. The van der Waals surface area contributed by atoms with Crippen LogP contribution in [-0.4, -0.2) is 21.4 Å². The maximum Gasteiger partial charge on any atom is 0.137 e.